The van der Waals surface area contributed by atoms with Crippen LogP contribution in [0, 0.1) is 45.3 Å². The third kappa shape index (κ3) is 14.7. The molecule has 0 fully saturated rings. The maximum absolute atomic E-state index is 11.5. The van der Waals surface area contributed by atoms with E-state index in [4.69, 9.17) is 0 Å². The number of carboxylic acid groups (broad SMARTS) is 4. The van der Waals surface area contributed by atoms with Crippen LogP contribution in [0.15, 0.2) is 0 Å². The number of hydrogen-bond acceptors (Lipinski definition) is 24. The van der Waals surface area contributed by atoms with Crippen molar-refractivity contribution in [2.24, 2.45) is 45.3 Å². The zero-order valence-electron chi connectivity index (χ0n) is 40.6. The molecule has 69 heavy (non-hydrogen) atoms. The van der Waals surface area contributed by atoms with Crippen LogP contribution in [-0.2, 0) is 122 Å². The van der Waals surface area contributed by atoms with Crippen molar-refractivity contribution in [1.29, 1.82) is 0 Å². The fourth-order valence-corrected chi connectivity index (χ4v) is 7.82. The number of Topliss-reactive ketones (excluding diaryl/α,β-unsaturated/α-hetero) is 16. The fourth-order valence-electron chi connectivity index (χ4n) is 7.82. The summed E-state index contributed by atoms with van der Waals surface area (Å²) < 4.78 is 0. The van der Waals surface area contributed by atoms with Gasteiger partial charge in [0, 0.05) is 0 Å². The molecule has 0 heterocycles. The molecular formula is C44H52O24Zr. The number of carbonyl (C=O) groups is 20. The van der Waals surface area contributed by atoms with Crippen molar-refractivity contribution in [3.63, 3.8) is 0 Å². The minimum Gasteiger partial charge on any atom is -0.549 e. The van der Waals surface area contributed by atoms with Gasteiger partial charge in [-0.1, -0.05) is 0 Å². The molecule has 0 N–H and O–H groups in total. The first-order valence-electron chi connectivity index (χ1n) is 19.4. The monoisotopic (exact) mass is 1050 g/mol. The molecule has 376 valence electrons. The van der Waals surface area contributed by atoms with Crippen LogP contribution in [0.1, 0.15) is 111 Å². The zero-order chi connectivity index (χ0) is 55.9. The van der Waals surface area contributed by atoms with E-state index >= 15 is 0 Å². The minimum absolute atomic E-state index is 0. The number of rotatable bonds is 24. The Hall–Kier alpha value is -6.52. The first kappa shape index (κ1) is 71.5. The van der Waals surface area contributed by atoms with Crippen molar-refractivity contribution in [1.82, 2.24) is 0 Å². The van der Waals surface area contributed by atoms with Gasteiger partial charge in [0.25, 0.3) is 0 Å². The molecule has 0 aromatic rings. The van der Waals surface area contributed by atoms with E-state index < -0.39 is 162 Å². The molecule has 0 bridgehead atoms. The van der Waals surface area contributed by atoms with Gasteiger partial charge in [-0.3, -0.25) is 76.7 Å². The van der Waals surface area contributed by atoms with Gasteiger partial charge in [-0.15, -0.1) is 0 Å². The summed E-state index contributed by atoms with van der Waals surface area (Å²) in [6, 6.07) is 0. The molecule has 0 rings (SSSR count). The summed E-state index contributed by atoms with van der Waals surface area (Å²) >= 11 is 0. The molecule has 0 aliphatic heterocycles. The molecule has 0 aliphatic carbocycles. The molecular weight excluding hydrogens is 1000 g/mol. The van der Waals surface area contributed by atoms with E-state index in [2.05, 4.69) is 0 Å². The number of hydrogen-bond donors (Lipinski definition) is 0. The third-order valence-electron chi connectivity index (χ3n) is 10.7. The molecule has 0 saturated heterocycles. The van der Waals surface area contributed by atoms with E-state index in [1.165, 1.54) is 0 Å². The first-order valence-corrected chi connectivity index (χ1v) is 19.4. The van der Waals surface area contributed by atoms with Crippen LogP contribution in [0.25, 0.3) is 0 Å². The topological polar surface area (TPSA) is 434 Å². The van der Waals surface area contributed by atoms with Gasteiger partial charge < -0.3 is 39.6 Å². The summed E-state index contributed by atoms with van der Waals surface area (Å²) in [4.78, 5) is 227. The molecule has 0 saturated carbocycles. The Balaban J connectivity index is -0.000000263. The smallest absolute Gasteiger partial charge is 0.549 e. The summed E-state index contributed by atoms with van der Waals surface area (Å²) in [5.41, 5.74) is -10.8. The largest absolute Gasteiger partial charge is 4.00 e. The second kappa shape index (κ2) is 28.1. The van der Waals surface area contributed by atoms with Crippen LogP contribution >= 0.6 is 0 Å². The van der Waals surface area contributed by atoms with E-state index in [0.29, 0.717) is 0 Å². The van der Waals surface area contributed by atoms with Crippen molar-refractivity contribution in [3.05, 3.63) is 0 Å². The standard InChI is InChI=1S/4C11H14O6.Zr/c4*1-5(12)9(6(2)13)11(7(3)14,8(4)15)10(16)17;/h4*9H,1-4H3,(H,16,17);/q;;;;+4/p-4. The molecule has 24 nitrogen and oxygen atoms in total. The molecule has 0 unspecified atom stereocenters. The van der Waals surface area contributed by atoms with Gasteiger partial charge >= 0.3 is 26.2 Å². The fraction of sp³-hybridized carbons (Fsp3) is 0.545. The van der Waals surface area contributed by atoms with E-state index in [-0.39, 0.29) is 26.2 Å². The average Bonchev–Trinajstić information content (AvgIpc) is 3.10. The predicted molar refractivity (Wildman–Crippen MR) is 215 cm³/mol. The Bertz CT molecular complexity index is 1740. The van der Waals surface area contributed by atoms with E-state index in [0.717, 1.165) is 111 Å². The maximum atomic E-state index is 11.5. The van der Waals surface area contributed by atoms with Gasteiger partial charge in [-0.05, 0) is 111 Å². The Morgan fingerprint density at radius 3 is 0.304 bits per heavy atom. The van der Waals surface area contributed by atoms with Crippen molar-refractivity contribution < 1.29 is 143 Å². The number of aliphatic carboxylic acids is 4. The SMILES string of the molecule is CC(=O)C(C(C)=O)C(C(C)=O)(C(C)=O)C(=O)[O-].CC(=O)C(C(C)=O)C(C(C)=O)(C(C)=O)C(=O)[O-].CC(=O)C(C(C)=O)C(C(C)=O)(C(C)=O)C(=O)[O-].CC(=O)C(C(C)=O)C(C(C)=O)(C(C)=O)C(=O)[O-].[Zr+4]. The van der Waals surface area contributed by atoms with Gasteiger partial charge in [0.05, 0.1) is 23.9 Å². The third-order valence-corrected chi connectivity index (χ3v) is 10.7. The summed E-state index contributed by atoms with van der Waals surface area (Å²) in [6.45, 7) is 14.4. The second-order valence-corrected chi connectivity index (χ2v) is 15.4. The summed E-state index contributed by atoms with van der Waals surface area (Å²) in [5.74, 6) is -30.9. The molecule has 0 atom stereocenters. The Morgan fingerprint density at radius 2 is 0.290 bits per heavy atom. The van der Waals surface area contributed by atoms with Gasteiger partial charge in [-0.2, -0.15) is 0 Å². The molecule has 0 amide bonds. The van der Waals surface area contributed by atoms with Crippen LogP contribution in [-0.4, -0.2) is 116 Å². The van der Waals surface area contributed by atoms with Gasteiger partial charge in [0.1, 0.15) is 138 Å². The molecule has 0 aromatic heterocycles. The molecule has 0 aliphatic rings. The average molecular weight is 1060 g/mol. The van der Waals surface area contributed by atoms with E-state index in [1.807, 2.05) is 0 Å². The summed E-state index contributed by atoms with van der Waals surface area (Å²) in [6.07, 6.45) is 0. The molecule has 0 aromatic carbocycles. The quantitative estimate of drug-likeness (QED) is 0.0815. The van der Waals surface area contributed by atoms with Crippen molar-refractivity contribution in [2.45, 2.75) is 111 Å². The van der Waals surface area contributed by atoms with Crippen molar-refractivity contribution in [2.75, 3.05) is 0 Å². The molecule has 25 heteroatoms. The van der Waals surface area contributed by atoms with Gasteiger partial charge in [-0.25, -0.2) is 0 Å². The summed E-state index contributed by atoms with van der Waals surface area (Å²) in [5, 5.41) is 44.4. The predicted octanol–water partition coefficient (Wildman–Crippen LogP) is -5.22. The van der Waals surface area contributed by atoms with Crippen LogP contribution in [0.5, 0.6) is 0 Å². The second-order valence-electron chi connectivity index (χ2n) is 15.4. The van der Waals surface area contributed by atoms with E-state index in [1.54, 1.807) is 0 Å². The summed E-state index contributed by atoms with van der Waals surface area (Å²) in [7, 11) is 0. The number of ketones is 16. The minimum atomic E-state index is -2.71. The number of carbonyl (C=O) groups excluding carboxylic acids is 20. The maximum Gasteiger partial charge on any atom is 4.00 e. The van der Waals surface area contributed by atoms with Crippen molar-refractivity contribution in [3.8, 4) is 0 Å². The van der Waals surface area contributed by atoms with Crippen LogP contribution < -0.4 is 20.4 Å². The zero-order valence-corrected chi connectivity index (χ0v) is 43.1. The molecule has 0 spiro atoms. The first-order chi connectivity index (χ1) is 30.4. The van der Waals surface area contributed by atoms with E-state index in [9.17, 15) is 116 Å². The Labute approximate surface area is 413 Å². The Kier molecular flexibility index (Phi) is 29.1. The van der Waals surface area contributed by atoms with Gasteiger partial charge in [0.2, 0.25) is 0 Å². The molecule has 0 radical (unpaired) electrons. The van der Waals surface area contributed by atoms with Gasteiger partial charge in [0.15, 0.2) is 0 Å². The van der Waals surface area contributed by atoms with Crippen LogP contribution in [0.4, 0.5) is 0 Å². The van der Waals surface area contributed by atoms with Crippen molar-refractivity contribution >= 4 is 116 Å². The Morgan fingerprint density at radius 1 is 0.217 bits per heavy atom. The normalized spacial score (nSPS) is 11.0. The van der Waals surface area contributed by atoms with Crippen LogP contribution in [0.3, 0.4) is 0 Å². The van der Waals surface area contributed by atoms with Crippen LogP contribution in [0.2, 0.25) is 0 Å². The number of carboxylic acids is 4.